The predicted octanol–water partition coefficient (Wildman–Crippen LogP) is 3.81. The molecule has 162 valence electrons. The second kappa shape index (κ2) is 9.70. The Hall–Kier alpha value is -3.26. The van der Waals surface area contributed by atoms with Gasteiger partial charge in [0.15, 0.2) is 11.5 Å². The molecule has 9 heteroatoms. The van der Waals surface area contributed by atoms with E-state index in [1.165, 1.54) is 0 Å². The number of halogens is 1. The quantitative estimate of drug-likeness (QED) is 0.593. The number of nitrogens with zero attached hydrogens (tertiary/aromatic N) is 2. The van der Waals surface area contributed by atoms with Gasteiger partial charge in [-0.2, -0.15) is 4.98 Å². The van der Waals surface area contributed by atoms with Crippen LogP contribution in [0.2, 0.25) is 5.02 Å². The second-order valence-corrected chi connectivity index (χ2v) is 7.38. The van der Waals surface area contributed by atoms with E-state index < -0.39 is 0 Å². The minimum atomic E-state index is -0.132. The number of carbonyl (C=O) groups is 1. The Morgan fingerprint density at radius 2 is 2.00 bits per heavy atom. The molecule has 0 saturated carbocycles. The van der Waals surface area contributed by atoms with E-state index in [2.05, 4.69) is 15.5 Å². The molecular weight excluding hydrogens is 422 g/mol. The monoisotopic (exact) mass is 443 g/mol. The van der Waals surface area contributed by atoms with Crippen LogP contribution in [0.1, 0.15) is 24.3 Å². The molecule has 8 nitrogen and oxygen atoms in total. The third kappa shape index (κ3) is 5.27. The van der Waals surface area contributed by atoms with Crippen LogP contribution in [-0.4, -0.2) is 36.4 Å². The fourth-order valence-electron chi connectivity index (χ4n) is 3.11. The number of ether oxygens (including phenoxy) is 3. The first-order valence-electron chi connectivity index (χ1n) is 9.94. The van der Waals surface area contributed by atoms with Gasteiger partial charge in [0.1, 0.15) is 5.75 Å². The Morgan fingerprint density at radius 1 is 1.19 bits per heavy atom. The number of aryl methyl sites for hydroxylation is 1. The van der Waals surface area contributed by atoms with Crippen molar-refractivity contribution in [2.75, 3.05) is 20.3 Å². The molecule has 0 spiro atoms. The molecule has 0 bridgehead atoms. The Labute approximate surface area is 184 Å². The lowest BCUT2D eigenvalue weighted by Gasteiger charge is -2.12. The number of carbonyl (C=O) groups excluding carboxylic acids is 1. The molecular formula is C22H22ClN3O5. The van der Waals surface area contributed by atoms with E-state index in [9.17, 15) is 4.79 Å². The minimum absolute atomic E-state index is 0.132. The SMILES string of the molecule is COc1ccc(-c2noc(CCC(=O)NCc3cc(Cl)c4c(c3)OCCCO4)n2)cc1. The predicted molar refractivity (Wildman–Crippen MR) is 114 cm³/mol. The van der Waals surface area contributed by atoms with Gasteiger partial charge in [-0.1, -0.05) is 16.8 Å². The van der Waals surface area contributed by atoms with Crippen LogP contribution in [0, 0.1) is 0 Å². The Kier molecular flexibility index (Phi) is 6.57. The van der Waals surface area contributed by atoms with Crippen molar-refractivity contribution in [1.29, 1.82) is 0 Å². The Balaban J connectivity index is 1.29. The number of amides is 1. The van der Waals surface area contributed by atoms with Gasteiger partial charge in [0.2, 0.25) is 17.6 Å². The van der Waals surface area contributed by atoms with Gasteiger partial charge in [0.25, 0.3) is 0 Å². The molecule has 31 heavy (non-hydrogen) atoms. The first-order valence-corrected chi connectivity index (χ1v) is 10.3. The Bertz CT molecular complexity index is 1050. The van der Waals surface area contributed by atoms with Gasteiger partial charge < -0.3 is 24.1 Å². The lowest BCUT2D eigenvalue weighted by Crippen LogP contribution is -2.23. The zero-order chi connectivity index (χ0) is 21.6. The van der Waals surface area contributed by atoms with Gasteiger partial charge in [-0.15, -0.1) is 0 Å². The van der Waals surface area contributed by atoms with Crippen molar-refractivity contribution in [3.05, 3.63) is 52.9 Å². The minimum Gasteiger partial charge on any atom is -0.497 e. The van der Waals surface area contributed by atoms with E-state index in [0.29, 0.717) is 54.4 Å². The van der Waals surface area contributed by atoms with E-state index >= 15 is 0 Å². The molecule has 0 aliphatic carbocycles. The number of hydrogen-bond acceptors (Lipinski definition) is 7. The zero-order valence-corrected chi connectivity index (χ0v) is 17.8. The highest BCUT2D eigenvalue weighted by atomic mass is 35.5. The summed E-state index contributed by atoms with van der Waals surface area (Å²) >= 11 is 6.29. The maximum atomic E-state index is 12.3. The standard InChI is InChI=1S/C22H22ClN3O5/c1-28-16-5-3-15(4-6-16)22-25-20(31-26-22)8-7-19(27)24-13-14-11-17(23)21-18(12-14)29-9-2-10-30-21/h3-6,11-12H,2,7-10,13H2,1H3,(H,24,27). The highest BCUT2D eigenvalue weighted by Crippen LogP contribution is 2.37. The number of nitrogens with one attached hydrogen (secondary N) is 1. The molecule has 1 aromatic heterocycles. The summed E-state index contributed by atoms with van der Waals surface area (Å²) in [5, 5.41) is 7.32. The van der Waals surface area contributed by atoms with Crippen LogP contribution in [0.15, 0.2) is 40.9 Å². The largest absolute Gasteiger partial charge is 0.497 e. The van der Waals surface area contributed by atoms with Gasteiger partial charge in [-0.25, -0.2) is 0 Å². The van der Waals surface area contributed by atoms with Crippen LogP contribution in [0.25, 0.3) is 11.4 Å². The molecule has 0 fully saturated rings. The fourth-order valence-corrected chi connectivity index (χ4v) is 3.40. The molecule has 1 aliphatic heterocycles. The molecule has 4 rings (SSSR count). The highest BCUT2D eigenvalue weighted by molar-refractivity contribution is 6.32. The van der Waals surface area contributed by atoms with E-state index in [1.54, 1.807) is 13.2 Å². The van der Waals surface area contributed by atoms with E-state index in [0.717, 1.165) is 23.3 Å². The average molecular weight is 444 g/mol. The molecule has 2 heterocycles. The third-order valence-corrected chi connectivity index (χ3v) is 5.01. The van der Waals surface area contributed by atoms with Crippen LogP contribution < -0.4 is 19.5 Å². The van der Waals surface area contributed by atoms with Crippen molar-refractivity contribution in [2.45, 2.75) is 25.8 Å². The number of hydrogen-bond donors (Lipinski definition) is 1. The molecule has 1 N–H and O–H groups in total. The van der Waals surface area contributed by atoms with E-state index in [-0.39, 0.29) is 12.3 Å². The van der Waals surface area contributed by atoms with Crippen LogP contribution in [0.5, 0.6) is 17.2 Å². The molecule has 0 radical (unpaired) electrons. The van der Waals surface area contributed by atoms with Gasteiger partial charge >= 0.3 is 0 Å². The number of benzene rings is 2. The van der Waals surface area contributed by atoms with Crippen LogP contribution in [-0.2, 0) is 17.8 Å². The van der Waals surface area contributed by atoms with E-state index in [1.807, 2.05) is 30.3 Å². The molecule has 2 aromatic carbocycles. The van der Waals surface area contributed by atoms with Crippen LogP contribution in [0.3, 0.4) is 0 Å². The van der Waals surface area contributed by atoms with Crippen molar-refractivity contribution in [3.8, 4) is 28.6 Å². The molecule has 1 aliphatic rings. The van der Waals surface area contributed by atoms with Crippen molar-refractivity contribution in [2.24, 2.45) is 0 Å². The number of methoxy groups -OCH3 is 1. The summed E-state index contributed by atoms with van der Waals surface area (Å²) in [7, 11) is 1.61. The zero-order valence-electron chi connectivity index (χ0n) is 17.0. The maximum Gasteiger partial charge on any atom is 0.227 e. The van der Waals surface area contributed by atoms with Gasteiger partial charge in [0, 0.05) is 31.4 Å². The molecule has 0 saturated heterocycles. The average Bonchev–Trinajstić information content (AvgIpc) is 3.13. The molecule has 0 atom stereocenters. The first kappa shape index (κ1) is 21.0. The number of fused-ring (bicyclic) bond motifs is 1. The third-order valence-electron chi connectivity index (χ3n) is 4.73. The van der Waals surface area contributed by atoms with Crippen LogP contribution in [0.4, 0.5) is 0 Å². The fraction of sp³-hybridized carbons (Fsp3) is 0.318. The van der Waals surface area contributed by atoms with Gasteiger partial charge in [-0.3, -0.25) is 4.79 Å². The number of aromatic nitrogens is 2. The summed E-state index contributed by atoms with van der Waals surface area (Å²) in [4.78, 5) is 16.6. The van der Waals surface area contributed by atoms with Gasteiger partial charge in [-0.05, 0) is 42.0 Å². The van der Waals surface area contributed by atoms with Crippen molar-refractivity contribution < 1.29 is 23.5 Å². The summed E-state index contributed by atoms with van der Waals surface area (Å²) in [5.74, 6) is 2.65. The summed E-state index contributed by atoms with van der Waals surface area (Å²) in [6, 6.07) is 11.0. The smallest absolute Gasteiger partial charge is 0.227 e. The topological polar surface area (TPSA) is 95.7 Å². The second-order valence-electron chi connectivity index (χ2n) is 6.97. The van der Waals surface area contributed by atoms with Crippen molar-refractivity contribution in [3.63, 3.8) is 0 Å². The summed E-state index contributed by atoms with van der Waals surface area (Å²) in [5.41, 5.74) is 1.65. The molecule has 3 aromatic rings. The summed E-state index contributed by atoms with van der Waals surface area (Å²) in [6.45, 7) is 1.47. The Morgan fingerprint density at radius 3 is 2.81 bits per heavy atom. The number of rotatable bonds is 7. The first-order chi connectivity index (χ1) is 15.1. The highest BCUT2D eigenvalue weighted by Gasteiger charge is 2.16. The normalized spacial score (nSPS) is 12.8. The summed E-state index contributed by atoms with van der Waals surface area (Å²) in [6.07, 6.45) is 1.37. The van der Waals surface area contributed by atoms with Crippen molar-refractivity contribution >= 4 is 17.5 Å². The molecule has 0 unspecified atom stereocenters. The maximum absolute atomic E-state index is 12.3. The van der Waals surface area contributed by atoms with Crippen LogP contribution >= 0.6 is 11.6 Å². The van der Waals surface area contributed by atoms with E-state index in [4.69, 9.17) is 30.3 Å². The summed E-state index contributed by atoms with van der Waals surface area (Å²) < 4.78 is 21.7. The van der Waals surface area contributed by atoms with Gasteiger partial charge in [0.05, 0.1) is 25.3 Å². The van der Waals surface area contributed by atoms with Crippen molar-refractivity contribution in [1.82, 2.24) is 15.5 Å². The lowest BCUT2D eigenvalue weighted by molar-refractivity contribution is -0.121. The molecule has 1 amide bonds. The lowest BCUT2D eigenvalue weighted by atomic mass is 10.2.